The van der Waals surface area contributed by atoms with Crippen molar-refractivity contribution in [3.05, 3.63) is 48.0 Å². The molecule has 18 heavy (non-hydrogen) atoms. The average molecular weight is 246 g/mol. The van der Waals surface area contributed by atoms with Crippen molar-refractivity contribution in [2.24, 2.45) is 0 Å². The number of carbonyl (C=O) groups is 3. The number of carboxylic acids is 1. The van der Waals surface area contributed by atoms with E-state index in [1.807, 2.05) is 6.07 Å². The van der Waals surface area contributed by atoms with Crippen molar-refractivity contribution in [3.8, 4) is 0 Å². The lowest BCUT2D eigenvalue weighted by molar-refractivity contribution is -0.304. The molecule has 1 aliphatic heterocycles. The number of benzene rings is 1. The second kappa shape index (κ2) is 6.34. The van der Waals surface area contributed by atoms with Crippen LogP contribution in [-0.4, -0.2) is 29.7 Å². The monoisotopic (exact) mass is 246 g/mol. The van der Waals surface area contributed by atoms with Gasteiger partial charge in [-0.3, -0.25) is 14.5 Å². The van der Waals surface area contributed by atoms with Crippen LogP contribution in [0.1, 0.15) is 5.56 Å². The predicted octanol–water partition coefficient (Wildman–Crippen LogP) is -0.480. The smallest absolute Gasteiger partial charge is 0.253 e. The average Bonchev–Trinajstić information content (AvgIpc) is 2.62. The van der Waals surface area contributed by atoms with Crippen LogP contribution >= 0.6 is 0 Å². The zero-order chi connectivity index (χ0) is 13.5. The first-order valence-corrected chi connectivity index (χ1v) is 5.24. The van der Waals surface area contributed by atoms with Crippen LogP contribution in [0.25, 0.3) is 0 Å². The maximum absolute atomic E-state index is 10.4. The summed E-state index contributed by atoms with van der Waals surface area (Å²) in [6, 6.07) is 8.97. The van der Waals surface area contributed by atoms with Gasteiger partial charge >= 0.3 is 0 Å². The Labute approximate surface area is 104 Å². The lowest BCUT2D eigenvalue weighted by atomic mass is 10.2. The summed E-state index contributed by atoms with van der Waals surface area (Å²) in [5.74, 6) is -1.52. The summed E-state index contributed by atoms with van der Waals surface area (Å²) >= 11 is 0. The first-order valence-electron chi connectivity index (χ1n) is 5.24. The van der Waals surface area contributed by atoms with Gasteiger partial charge in [-0.2, -0.15) is 0 Å². The first kappa shape index (κ1) is 13.6. The van der Waals surface area contributed by atoms with Crippen molar-refractivity contribution in [1.82, 2.24) is 4.90 Å². The van der Waals surface area contributed by atoms with E-state index in [2.05, 4.69) is 0 Å². The molecule has 5 nitrogen and oxygen atoms in total. The molecular weight excluding hydrogens is 234 g/mol. The number of imide groups is 1. The molecule has 2 rings (SSSR count). The number of nitrogens with zero attached hydrogens (tertiary/aromatic N) is 1. The number of carbonyl (C=O) groups excluding carboxylic acids is 3. The van der Waals surface area contributed by atoms with Gasteiger partial charge in [-0.15, -0.1) is 0 Å². The number of likely N-dealkylation sites (N-methyl/N-ethyl adjacent to an activating group) is 1. The number of aliphatic carboxylic acids is 1. The summed E-state index contributed by atoms with van der Waals surface area (Å²) in [7, 11) is 1.45. The molecule has 0 aliphatic carbocycles. The van der Waals surface area contributed by atoms with Crippen molar-refractivity contribution >= 4 is 17.8 Å². The molecule has 1 aromatic rings. The van der Waals surface area contributed by atoms with Crippen molar-refractivity contribution < 1.29 is 19.5 Å². The number of rotatable bonds is 2. The number of hydrogen-bond donors (Lipinski definition) is 0. The SMILES string of the molecule is CN1C(=O)C=CC1=O.O=C([O-])Cc1ccccc1. The molecule has 5 heteroatoms. The molecule has 0 fully saturated rings. The second-order valence-electron chi connectivity index (χ2n) is 3.60. The fourth-order valence-electron chi connectivity index (χ4n) is 1.24. The third kappa shape index (κ3) is 4.21. The Kier molecular flexibility index (Phi) is 4.80. The zero-order valence-electron chi connectivity index (χ0n) is 9.83. The lowest BCUT2D eigenvalue weighted by Gasteiger charge is -2.01. The summed E-state index contributed by atoms with van der Waals surface area (Å²) in [6.07, 6.45) is 2.51. The van der Waals surface area contributed by atoms with E-state index in [4.69, 9.17) is 0 Å². The Morgan fingerprint density at radius 1 is 1.11 bits per heavy atom. The fraction of sp³-hybridized carbons (Fsp3) is 0.154. The molecule has 2 amide bonds. The minimum Gasteiger partial charge on any atom is -0.550 e. The third-order valence-corrected chi connectivity index (χ3v) is 2.22. The predicted molar refractivity (Wildman–Crippen MR) is 62.1 cm³/mol. The molecule has 0 N–H and O–H groups in total. The summed E-state index contributed by atoms with van der Waals surface area (Å²) in [5.41, 5.74) is 0.780. The van der Waals surface area contributed by atoms with Crippen LogP contribution in [0.3, 0.4) is 0 Å². The minimum atomic E-state index is -1.04. The van der Waals surface area contributed by atoms with Crippen molar-refractivity contribution in [3.63, 3.8) is 0 Å². The van der Waals surface area contributed by atoms with Crippen LogP contribution in [0, 0.1) is 0 Å². The first-order chi connectivity index (χ1) is 8.50. The number of carboxylic acid groups (broad SMARTS) is 1. The molecule has 0 spiro atoms. The Balaban J connectivity index is 0.000000184. The highest BCUT2D eigenvalue weighted by Crippen LogP contribution is 1.98. The molecule has 1 heterocycles. The maximum atomic E-state index is 10.4. The highest BCUT2D eigenvalue weighted by Gasteiger charge is 2.17. The van der Waals surface area contributed by atoms with Gasteiger partial charge in [0.2, 0.25) is 0 Å². The Morgan fingerprint density at radius 3 is 1.94 bits per heavy atom. The number of hydrogen-bond acceptors (Lipinski definition) is 4. The highest BCUT2D eigenvalue weighted by atomic mass is 16.4. The molecule has 0 unspecified atom stereocenters. The van der Waals surface area contributed by atoms with E-state index in [0.717, 1.165) is 10.5 Å². The molecule has 0 bridgehead atoms. The van der Waals surface area contributed by atoms with E-state index in [0.29, 0.717) is 0 Å². The van der Waals surface area contributed by atoms with Crippen molar-refractivity contribution in [2.75, 3.05) is 7.05 Å². The summed E-state index contributed by atoms with van der Waals surface area (Å²) in [4.78, 5) is 31.9. The van der Waals surface area contributed by atoms with Gasteiger partial charge in [0.1, 0.15) is 0 Å². The van der Waals surface area contributed by atoms with E-state index < -0.39 is 5.97 Å². The largest absolute Gasteiger partial charge is 0.550 e. The lowest BCUT2D eigenvalue weighted by Crippen LogP contribution is -2.24. The molecule has 1 aromatic carbocycles. The van der Waals surface area contributed by atoms with Gasteiger partial charge < -0.3 is 9.90 Å². The summed E-state index contributed by atoms with van der Waals surface area (Å²) in [5, 5.41) is 10.1. The molecule has 1 aliphatic rings. The Bertz CT molecular complexity index is 461. The minimum absolute atomic E-state index is 0.000833. The van der Waals surface area contributed by atoms with Gasteiger partial charge in [0, 0.05) is 31.6 Å². The van der Waals surface area contributed by atoms with Gasteiger partial charge in [0.05, 0.1) is 0 Å². The van der Waals surface area contributed by atoms with Crippen LogP contribution in [0.2, 0.25) is 0 Å². The van der Waals surface area contributed by atoms with Crippen LogP contribution in [0.5, 0.6) is 0 Å². The van der Waals surface area contributed by atoms with Gasteiger partial charge in [-0.05, 0) is 5.56 Å². The van der Waals surface area contributed by atoms with E-state index in [-0.39, 0.29) is 18.2 Å². The fourth-order valence-corrected chi connectivity index (χ4v) is 1.24. The zero-order valence-corrected chi connectivity index (χ0v) is 9.83. The van der Waals surface area contributed by atoms with Crippen molar-refractivity contribution in [2.45, 2.75) is 6.42 Å². The van der Waals surface area contributed by atoms with Gasteiger partial charge in [-0.25, -0.2) is 0 Å². The quantitative estimate of drug-likeness (QED) is 0.660. The van der Waals surface area contributed by atoms with E-state index >= 15 is 0 Å². The van der Waals surface area contributed by atoms with Gasteiger partial charge in [-0.1, -0.05) is 30.3 Å². The molecule has 0 atom stereocenters. The standard InChI is InChI=1S/C8H8O2.C5H5NO2/c9-8(10)6-7-4-2-1-3-5-7;1-6-4(7)2-3-5(6)8/h1-5H,6H2,(H,9,10);2-3H,1H3/p-1. The topological polar surface area (TPSA) is 77.5 Å². The van der Waals surface area contributed by atoms with Crippen LogP contribution in [0.15, 0.2) is 42.5 Å². The Hall–Kier alpha value is -2.43. The van der Waals surface area contributed by atoms with E-state index in [9.17, 15) is 19.5 Å². The summed E-state index contributed by atoms with van der Waals surface area (Å²) < 4.78 is 0. The Morgan fingerprint density at radius 2 is 1.61 bits per heavy atom. The summed E-state index contributed by atoms with van der Waals surface area (Å²) in [6.45, 7) is 0. The van der Waals surface area contributed by atoms with E-state index in [1.165, 1.54) is 19.2 Å². The highest BCUT2D eigenvalue weighted by molar-refractivity contribution is 6.12. The normalized spacial score (nSPS) is 13.3. The third-order valence-electron chi connectivity index (χ3n) is 2.22. The molecule has 0 saturated heterocycles. The maximum Gasteiger partial charge on any atom is 0.253 e. The van der Waals surface area contributed by atoms with Crippen LogP contribution in [0.4, 0.5) is 0 Å². The molecule has 0 saturated carbocycles. The van der Waals surface area contributed by atoms with E-state index in [1.54, 1.807) is 24.3 Å². The molecule has 0 radical (unpaired) electrons. The van der Waals surface area contributed by atoms with Gasteiger partial charge in [0.25, 0.3) is 11.8 Å². The molecule has 0 aromatic heterocycles. The molecular formula is C13H12NO4-. The second-order valence-corrected chi connectivity index (χ2v) is 3.60. The van der Waals surface area contributed by atoms with Crippen LogP contribution < -0.4 is 5.11 Å². The van der Waals surface area contributed by atoms with Crippen molar-refractivity contribution in [1.29, 1.82) is 0 Å². The molecule has 94 valence electrons. The van der Waals surface area contributed by atoms with Crippen LogP contribution in [-0.2, 0) is 20.8 Å². The number of amides is 2. The van der Waals surface area contributed by atoms with Gasteiger partial charge in [0.15, 0.2) is 0 Å².